The minimum atomic E-state index is 0.456. The van der Waals surface area contributed by atoms with Gasteiger partial charge in [0.1, 0.15) is 0 Å². The molecule has 2 nitrogen and oxygen atoms in total. The Bertz CT molecular complexity index is 523. The lowest BCUT2D eigenvalue weighted by Gasteiger charge is -2.07. The van der Waals surface area contributed by atoms with E-state index in [1.807, 2.05) is 13.0 Å². The van der Waals surface area contributed by atoms with Gasteiger partial charge in [0.05, 0.1) is 15.6 Å². The Kier molecular flexibility index (Phi) is 2.83. The molecule has 0 atom stereocenters. The smallest absolute Gasteiger partial charge is 0.0906 e. The molecule has 0 aliphatic carbocycles. The quantitative estimate of drug-likeness (QED) is 0.831. The largest absolute Gasteiger partial charge is 0.326 e. The lowest BCUT2D eigenvalue weighted by molar-refractivity contribution is 1.02. The molecule has 0 radical (unpaired) electrons. The molecule has 0 bridgehead atoms. The van der Waals surface area contributed by atoms with Crippen LogP contribution in [0.4, 0.5) is 0 Å². The first kappa shape index (κ1) is 10.7. The fourth-order valence-electron chi connectivity index (χ4n) is 1.53. The number of hydrogen-bond donors (Lipinski definition) is 1. The molecule has 0 aliphatic rings. The molecule has 0 saturated carbocycles. The third-order valence-corrected chi connectivity index (χ3v) is 3.03. The van der Waals surface area contributed by atoms with Crippen molar-refractivity contribution in [1.82, 2.24) is 4.98 Å². The highest BCUT2D eigenvalue weighted by Crippen LogP contribution is 2.29. The van der Waals surface area contributed by atoms with Crippen LogP contribution in [-0.4, -0.2) is 4.98 Å². The topological polar surface area (TPSA) is 38.9 Å². The van der Waals surface area contributed by atoms with Crippen molar-refractivity contribution in [3.05, 3.63) is 39.5 Å². The van der Waals surface area contributed by atoms with E-state index in [-0.39, 0.29) is 0 Å². The Balaban J connectivity index is 2.86. The summed E-state index contributed by atoms with van der Waals surface area (Å²) in [5.74, 6) is 0. The number of benzene rings is 1. The van der Waals surface area contributed by atoms with Crippen LogP contribution in [0.15, 0.2) is 18.2 Å². The van der Waals surface area contributed by atoms with Gasteiger partial charge in [-0.1, -0.05) is 23.2 Å². The van der Waals surface area contributed by atoms with Crippen LogP contribution < -0.4 is 5.73 Å². The number of nitrogens with zero attached hydrogens (tertiary/aromatic N) is 1. The van der Waals surface area contributed by atoms with Crippen molar-refractivity contribution in [3.63, 3.8) is 0 Å². The van der Waals surface area contributed by atoms with E-state index < -0.39 is 0 Å². The van der Waals surface area contributed by atoms with Crippen LogP contribution in [-0.2, 0) is 6.54 Å². The third kappa shape index (κ3) is 1.81. The SMILES string of the molecule is Cc1nc2c(Cl)ccc(Cl)c2cc1CN. The van der Waals surface area contributed by atoms with Gasteiger partial charge in [0.15, 0.2) is 0 Å². The molecule has 0 aliphatic heterocycles. The predicted octanol–water partition coefficient (Wildman–Crippen LogP) is 3.31. The lowest BCUT2D eigenvalue weighted by Crippen LogP contribution is -2.01. The molecule has 15 heavy (non-hydrogen) atoms. The van der Waals surface area contributed by atoms with Gasteiger partial charge in [0.2, 0.25) is 0 Å². The van der Waals surface area contributed by atoms with E-state index in [0.29, 0.717) is 16.6 Å². The van der Waals surface area contributed by atoms with Gasteiger partial charge in [-0.3, -0.25) is 4.98 Å². The average molecular weight is 241 g/mol. The molecule has 1 aromatic carbocycles. The summed E-state index contributed by atoms with van der Waals surface area (Å²) in [6.07, 6.45) is 0. The maximum absolute atomic E-state index is 6.07. The predicted molar refractivity (Wildman–Crippen MR) is 64.4 cm³/mol. The van der Waals surface area contributed by atoms with Crippen molar-refractivity contribution < 1.29 is 0 Å². The van der Waals surface area contributed by atoms with E-state index in [9.17, 15) is 0 Å². The van der Waals surface area contributed by atoms with Crippen LogP contribution in [0.25, 0.3) is 10.9 Å². The number of nitrogens with two attached hydrogens (primary N) is 1. The molecule has 0 saturated heterocycles. The van der Waals surface area contributed by atoms with Crippen LogP contribution in [0.2, 0.25) is 10.0 Å². The van der Waals surface area contributed by atoms with Crippen LogP contribution in [0.1, 0.15) is 11.3 Å². The van der Waals surface area contributed by atoms with Gasteiger partial charge in [-0.05, 0) is 30.7 Å². The van der Waals surface area contributed by atoms with E-state index in [1.54, 1.807) is 12.1 Å². The number of aryl methyl sites for hydroxylation is 1. The van der Waals surface area contributed by atoms with Crippen LogP contribution >= 0.6 is 23.2 Å². The van der Waals surface area contributed by atoms with Gasteiger partial charge in [0.25, 0.3) is 0 Å². The van der Waals surface area contributed by atoms with Gasteiger partial charge < -0.3 is 5.73 Å². The zero-order valence-corrected chi connectivity index (χ0v) is 9.73. The molecule has 0 amide bonds. The number of hydrogen-bond acceptors (Lipinski definition) is 2. The Morgan fingerprint density at radius 2 is 1.93 bits per heavy atom. The maximum atomic E-state index is 6.07. The molecule has 4 heteroatoms. The van der Waals surface area contributed by atoms with Crippen molar-refractivity contribution in [1.29, 1.82) is 0 Å². The number of pyridine rings is 1. The third-order valence-electron chi connectivity index (χ3n) is 2.40. The number of fused-ring (bicyclic) bond motifs is 1. The maximum Gasteiger partial charge on any atom is 0.0906 e. The summed E-state index contributed by atoms with van der Waals surface area (Å²) < 4.78 is 0. The Labute approximate surface area is 98.0 Å². The summed E-state index contributed by atoms with van der Waals surface area (Å²) in [4.78, 5) is 4.41. The second-order valence-corrected chi connectivity index (χ2v) is 4.18. The van der Waals surface area contributed by atoms with Gasteiger partial charge in [-0.2, -0.15) is 0 Å². The second kappa shape index (κ2) is 3.97. The van der Waals surface area contributed by atoms with E-state index in [2.05, 4.69) is 4.98 Å². The molecule has 0 unspecified atom stereocenters. The van der Waals surface area contributed by atoms with Gasteiger partial charge in [-0.15, -0.1) is 0 Å². The van der Waals surface area contributed by atoms with E-state index in [0.717, 1.165) is 22.2 Å². The molecule has 2 aromatic rings. The molecular weight excluding hydrogens is 231 g/mol. The first-order valence-corrected chi connectivity index (χ1v) is 5.33. The van der Waals surface area contributed by atoms with Crippen LogP contribution in [0.5, 0.6) is 0 Å². The molecule has 1 heterocycles. The fraction of sp³-hybridized carbons (Fsp3) is 0.182. The van der Waals surface area contributed by atoms with Crippen LogP contribution in [0.3, 0.4) is 0 Å². The second-order valence-electron chi connectivity index (χ2n) is 3.36. The minimum absolute atomic E-state index is 0.456. The summed E-state index contributed by atoms with van der Waals surface area (Å²) in [6, 6.07) is 5.47. The summed E-state index contributed by atoms with van der Waals surface area (Å²) in [6.45, 7) is 2.37. The number of aromatic nitrogens is 1. The normalized spacial score (nSPS) is 10.9. The molecule has 0 fully saturated rings. The summed E-state index contributed by atoms with van der Waals surface area (Å²) in [5, 5.41) is 2.12. The van der Waals surface area contributed by atoms with E-state index in [4.69, 9.17) is 28.9 Å². The highest BCUT2D eigenvalue weighted by molar-refractivity contribution is 6.39. The Hall–Kier alpha value is -0.830. The summed E-state index contributed by atoms with van der Waals surface area (Å²) in [7, 11) is 0. The van der Waals surface area contributed by atoms with Crippen molar-refractivity contribution in [2.24, 2.45) is 5.73 Å². The molecule has 0 spiro atoms. The van der Waals surface area contributed by atoms with Gasteiger partial charge >= 0.3 is 0 Å². The molecule has 2 N–H and O–H groups in total. The lowest BCUT2D eigenvalue weighted by atomic mass is 10.1. The monoisotopic (exact) mass is 240 g/mol. The van der Waals surface area contributed by atoms with Crippen molar-refractivity contribution in [2.75, 3.05) is 0 Å². The van der Waals surface area contributed by atoms with Crippen LogP contribution in [0, 0.1) is 6.92 Å². The number of rotatable bonds is 1. The first-order chi connectivity index (χ1) is 7.13. The Morgan fingerprint density at radius 3 is 2.60 bits per heavy atom. The number of halogens is 2. The molecule has 78 valence electrons. The van der Waals surface area contributed by atoms with E-state index in [1.165, 1.54) is 0 Å². The highest BCUT2D eigenvalue weighted by Gasteiger charge is 2.07. The zero-order valence-electron chi connectivity index (χ0n) is 8.22. The fourth-order valence-corrected chi connectivity index (χ4v) is 1.95. The average Bonchev–Trinajstić information content (AvgIpc) is 2.23. The molecule has 1 aromatic heterocycles. The minimum Gasteiger partial charge on any atom is -0.326 e. The standard InChI is InChI=1S/C11H10Cl2N2/c1-6-7(5-14)4-8-9(12)2-3-10(13)11(8)15-6/h2-4H,5,14H2,1H3. The molecule has 2 rings (SSSR count). The van der Waals surface area contributed by atoms with Gasteiger partial charge in [0, 0.05) is 17.6 Å². The van der Waals surface area contributed by atoms with Crippen molar-refractivity contribution in [3.8, 4) is 0 Å². The van der Waals surface area contributed by atoms with Crippen molar-refractivity contribution >= 4 is 34.1 Å². The molecular formula is C11H10Cl2N2. The summed E-state index contributed by atoms with van der Waals surface area (Å²) in [5.41, 5.74) is 8.24. The van der Waals surface area contributed by atoms with Crippen molar-refractivity contribution in [2.45, 2.75) is 13.5 Å². The highest BCUT2D eigenvalue weighted by atomic mass is 35.5. The summed E-state index contributed by atoms with van der Waals surface area (Å²) >= 11 is 12.1. The Morgan fingerprint density at radius 1 is 1.27 bits per heavy atom. The first-order valence-electron chi connectivity index (χ1n) is 4.58. The van der Waals surface area contributed by atoms with E-state index >= 15 is 0 Å². The zero-order chi connectivity index (χ0) is 11.0. The van der Waals surface area contributed by atoms with Gasteiger partial charge in [-0.25, -0.2) is 0 Å².